The molecule has 1 amide bonds. The van der Waals surface area contributed by atoms with Crippen LogP contribution in [0.5, 0.6) is 0 Å². The molecule has 1 N–H and O–H groups in total. The molecule has 0 aliphatic rings. The van der Waals surface area contributed by atoms with Crippen molar-refractivity contribution in [2.45, 2.75) is 13.5 Å². The maximum atomic E-state index is 12.4. The number of carbonyl (C=O) groups excluding carboxylic acids is 1. The monoisotopic (exact) mass is 338 g/mol. The van der Waals surface area contributed by atoms with Crippen molar-refractivity contribution in [3.63, 3.8) is 0 Å². The van der Waals surface area contributed by atoms with Gasteiger partial charge in [0.05, 0.1) is 5.69 Å². The summed E-state index contributed by atoms with van der Waals surface area (Å²) in [4.78, 5) is 23.6. The fourth-order valence-electron chi connectivity index (χ4n) is 2.26. The smallest absolute Gasteiger partial charge is 0.263 e. The summed E-state index contributed by atoms with van der Waals surface area (Å²) in [7, 11) is 1.95. The summed E-state index contributed by atoms with van der Waals surface area (Å²) in [6, 6.07) is 13.7. The first-order chi connectivity index (χ1) is 11.6. The summed E-state index contributed by atoms with van der Waals surface area (Å²) in [5.41, 5.74) is 2.79. The van der Waals surface area contributed by atoms with Gasteiger partial charge in [-0.3, -0.25) is 9.78 Å². The third-order valence-electron chi connectivity index (χ3n) is 3.62. The molecule has 0 saturated heterocycles. The highest BCUT2D eigenvalue weighted by atomic mass is 32.1. The van der Waals surface area contributed by atoms with E-state index in [1.165, 1.54) is 11.3 Å². The summed E-state index contributed by atoms with van der Waals surface area (Å²) in [5, 5.41) is 3.73. The zero-order chi connectivity index (χ0) is 16.9. The number of rotatable bonds is 5. The first-order valence-corrected chi connectivity index (χ1v) is 8.40. The number of aromatic nitrogens is 2. The van der Waals surface area contributed by atoms with Gasteiger partial charge < -0.3 is 10.2 Å². The van der Waals surface area contributed by atoms with Gasteiger partial charge >= 0.3 is 0 Å². The minimum absolute atomic E-state index is 0.102. The molecule has 3 aromatic rings. The number of pyridine rings is 1. The summed E-state index contributed by atoms with van der Waals surface area (Å²) >= 11 is 1.40. The topological polar surface area (TPSA) is 58.1 Å². The molecule has 1 aromatic carbocycles. The van der Waals surface area contributed by atoms with Crippen LogP contribution >= 0.6 is 11.3 Å². The molecule has 0 saturated carbocycles. The third-order valence-corrected chi connectivity index (χ3v) is 4.86. The average Bonchev–Trinajstić information content (AvgIpc) is 3.02. The molecule has 2 heterocycles. The Morgan fingerprint density at radius 2 is 1.88 bits per heavy atom. The number of thiazole rings is 1. The van der Waals surface area contributed by atoms with Crippen LogP contribution in [0, 0.1) is 6.92 Å². The van der Waals surface area contributed by atoms with Crippen molar-refractivity contribution in [3.05, 3.63) is 71.0 Å². The quantitative estimate of drug-likeness (QED) is 0.773. The van der Waals surface area contributed by atoms with Crippen molar-refractivity contribution in [2.24, 2.45) is 0 Å². The Balaban J connectivity index is 1.72. The number of benzene rings is 1. The van der Waals surface area contributed by atoms with E-state index in [9.17, 15) is 4.79 Å². The highest BCUT2D eigenvalue weighted by Crippen LogP contribution is 2.30. The summed E-state index contributed by atoms with van der Waals surface area (Å²) in [6.45, 7) is 2.34. The molecule has 0 unspecified atom stereocenters. The fraction of sp³-hybridized carbons (Fsp3) is 0.167. The van der Waals surface area contributed by atoms with Crippen molar-refractivity contribution in [1.82, 2.24) is 15.3 Å². The molecule has 3 rings (SSSR count). The predicted octanol–water partition coefficient (Wildman–Crippen LogP) is 3.54. The van der Waals surface area contributed by atoms with E-state index in [1.807, 2.05) is 61.3 Å². The minimum Gasteiger partial charge on any atom is -0.347 e. The van der Waals surface area contributed by atoms with Gasteiger partial charge in [-0.1, -0.05) is 29.5 Å². The second-order valence-electron chi connectivity index (χ2n) is 5.34. The molecule has 0 atom stereocenters. The summed E-state index contributed by atoms with van der Waals surface area (Å²) in [5.74, 6) is -0.102. The van der Waals surface area contributed by atoms with Crippen LogP contribution in [0.1, 0.15) is 20.9 Å². The Bertz CT molecular complexity index is 818. The van der Waals surface area contributed by atoms with Gasteiger partial charge in [0.25, 0.3) is 5.91 Å². The number of hydrogen-bond acceptors (Lipinski definition) is 5. The first kappa shape index (κ1) is 16.1. The lowest BCUT2D eigenvalue weighted by Gasteiger charge is -2.15. The maximum Gasteiger partial charge on any atom is 0.263 e. The van der Waals surface area contributed by atoms with Crippen LogP contribution in [0.2, 0.25) is 0 Å². The van der Waals surface area contributed by atoms with E-state index in [0.29, 0.717) is 11.4 Å². The Labute approximate surface area is 145 Å². The van der Waals surface area contributed by atoms with Crippen LogP contribution in [0.3, 0.4) is 0 Å². The highest BCUT2D eigenvalue weighted by molar-refractivity contribution is 7.17. The van der Waals surface area contributed by atoms with Gasteiger partial charge in [-0.05, 0) is 36.8 Å². The maximum absolute atomic E-state index is 12.4. The van der Waals surface area contributed by atoms with Crippen LogP contribution in [-0.2, 0) is 6.54 Å². The lowest BCUT2D eigenvalue weighted by molar-refractivity contribution is 0.0954. The number of nitrogens with one attached hydrogen (secondary N) is 1. The number of amides is 1. The molecule has 0 radical (unpaired) electrons. The number of nitrogens with zero attached hydrogens (tertiary/aromatic N) is 3. The van der Waals surface area contributed by atoms with E-state index in [1.54, 1.807) is 12.4 Å². The van der Waals surface area contributed by atoms with E-state index in [2.05, 4.69) is 15.3 Å². The predicted molar refractivity (Wildman–Crippen MR) is 96.8 cm³/mol. The lowest BCUT2D eigenvalue weighted by Crippen LogP contribution is -2.22. The van der Waals surface area contributed by atoms with Crippen molar-refractivity contribution in [1.29, 1.82) is 0 Å². The number of aryl methyl sites for hydroxylation is 1. The second-order valence-corrected chi connectivity index (χ2v) is 6.32. The van der Waals surface area contributed by atoms with E-state index < -0.39 is 0 Å². The van der Waals surface area contributed by atoms with Crippen LogP contribution < -0.4 is 10.2 Å². The fourth-order valence-corrected chi connectivity index (χ4v) is 3.23. The third kappa shape index (κ3) is 3.60. The number of carbonyl (C=O) groups is 1. The average molecular weight is 338 g/mol. The minimum atomic E-state index is -0.102. The molecular formula is C18H18N4OS. The molecule has 0 aliphatic carbocycles. The Hall–Kier alpha value is -2.73. The Morgan fingerprint density at radius 1 is 1.17 bits per heavy atom. The highest BCUT2D eigenvalue weighted by Gasteiger charge is 2.17. The molecule has 122 valence electrons. The molecule has 2 aromatic heterocycles. The molecule has 0 fully saturated rings. The molecule has 6 heteroatoms. The van der Waals surface area contributed by atoms with Gasteiger partial charge in [-0.15, -0.1) is 0 Å². The second kappa shape index (κ2) is 7.23. The van der Waals surface area contributed by atoms with E-state index in [0.717, 1.165) is 22.1 Å². The molecule has 0 aliphatic heterocycles. The number of hydrogen-bond donors (Lipinski definition) is 1. The SMILES string of the molecule is Cc1nc(N(C)c2ccccc2)sc1C(=O)NCc1ccncc1. The molecule has 0 bridgehead atoms. The molecule has 24 heavy (non-hydrogen) atoms. The largest absolute Gasteiger partial charge is 0.347 e. The van der Waals surface area contributed by atoms with Gasteiger partial charge in [0, 0.05) is 31.7 Å². The first-order valence-electron chi connectivity index (χ1n) is 7.58. The van der Waals surface area contributed by atoms with Crippen molar-refractivity contribution in [2.75, 3.05) is 11.9 Å². The van der Waals surface area contributed by atoms with Crippen LogP contribution in [0.4, 0.5) is 10.8 Å². The lowest BCUT2D eigenvalue weighted by atomic mass is 10.2. The van der Waals surface area contributed by atoms with Gasteiger partial charge in [-0.25, -0.2) is 4.98 Å². The summed E-state index contributed by atoms with van der Waals surface area (Å²) in [6.07, 6.45) is 3.43. The van der Waals surface area contributed by atoms with Gasteiger partial charge in [-0.2, -0.15) is 0 Å². The normalized spacial score (nSPS) is 10.4. The van der Waals surface area contributed by atoms with Crippen LogP contribution in [-0.4, -0.2) is 22.9 Å². The van der Waals surface area contributed by atoms with Crippen molar-refractivity contribution in [3.8, 4) is 0 Å². The van der Waals surface area contributed by atoms with Crippen molar-refractivity contribution < 1.29 is 4.79 Å². The van der Waals surface area contributed by atoms with Crippen LogP contribution in [0.15, 0.2) is 54.9 Å². The van der Waals surface area contributed by atoms with Crippen molar-refractivity contribution >= 4 is 28.1 Å². The molecule has 5 nitrogen and oxygen atoms in total. The van der Waals surface area contributed by atoms with Gasteiger partial charge in [0.2, 0.25) is 0 Å². The zero-order valence-electron chi connectivity index (χ0n) is 13.6. The number of anilines is 2. The number of para-hydroxylation sites is 1. The Kier molecular flexibility index (Phi) is 4.86. The van der Waals surface area contributed by atoms with E-state index >= 15 is 0 Å². The van der Waals surface area contributed by atoms with Gasteiger partial charge in [0.1, 0.15) is 4.88 Å². The van der Waals surface area contributed by atoms with E-state index in [-0.39, 0.29) is 5.91 Å². The zero-order valence-corrected chi connectivity index (χ0v) is 14.4. The van der Waals surface area contributed by atoms with E-state index in [4.69, 9.17) is 0 Å². The molecular weight excluding hydrogens is 320 g/mol. The van der Waals surface area contributed by atoms with Crippen LogP contribution in [0.25, 0.3) is 0 Å². The standard InChI is InChI=1S/C18H18N4OS/c1-13-16(17(23)20-12-14-8-10-19-11-9-14)24-18(21-13)22(2)15-6-4-3-5-7-15/h3-11H,12H2,1-2H3,(H,20,23). The summed E-state index contributed by atoms with van der Waals surface area (Å²) < 4.78 is 0. The van der Waals surface area contributed by atoms with Gasteiger partial charge in [0.15, 0.2) is 5.13 Å². The molecule has 0 spiro atoms. The Morgan fingerprint density at radius 3 is 2.58 bits per heavy atom.